The highest BCUT2D eigenvalue weighted by Crippen LogP contribution is 2.28. The molecular formula is C14H20BrN3O2. The molecule has 1 aliphatic heterocycles. The van der Waals surface area contributed by atoms with Crippen molar-refractivity contribution in [3.05, 3.63) is 28.2 Å². The molecule has 1 aliphatic rings. The van der Waals surface area contributed by atoms with E-state index in [1.165, 1.54) is 6.42 Å². The SMILES string of the molecule is CN(CC1CCCCO1)c1cccc(Br)c1/C(N)=N/O. The minimum absolute atomic E-state index is 0.101. The molecule has 3 N–H and O–H groups in total. The van der Waals surface area contributed by atoms with E-state index in [1.807, 2.05) is 25.2 Å². The van der Waals surface area contributed by atoms with Crippen LogP contribution >= 0.6 is 15.9 Å². The summed E-state index contributed by atoms with van der Waals surface area (Å²) in [5, 5.41) is 12.1. The Bertz CT molecular complexity index is 487. The molecule has 0 bridgehead atoms. The number of nitrogens with two attached hydrogens (primary N) is 1. The molecule has 1 atom stereocenters. The molecule has 1 aromatic rings. The molecule has 5 nitrogen and oxygen atoms in total. The molecule has 1 saturated heterocycles. The van der Waals surface area contributed by atoms with Gasteiger partial charge in [0, 0.05) is 30.4 Å². The van der Waals surface area contributed by atoms with Crippen LogP contribution in [0.5, 0.6) is 0 Å². The summed E-state index contributed by atoms with van der Waals surface area (Å²) < 4.78 is 6.57. The summed E-state index contributed by atoms with van der Waals surface area (Å²) in [6, 6.07) is 5.77. The molecule has 1 unspecified atom stereocenters. The van der Waals surface area contributed by atoms with Crippen LogP contribution < -0.4 is 10.6 Å². The predicted molar refractivity (Wildman–Crippen MR) is 83.5 cm³/mol. The Morgan fingerprint density at radius 3 is 3.00 bits per heavy atom. The highest BCUT2D eigenvalue weighted by Gasteiger charge is 2.19. The number of amidine groups is 1. The van der Waals surface area contributed by atoms with Crippen LogP contribution in [0.4, 0.5) is 5.69 Å². The largest absolute Gasteiger partial charge is 0.409 e. The van der Waals surface area contributed by atoms with E-state index in [1.54, 1.807) is 0 Å². The highest BCUT2D eigenvalue weighted by molar-refractivity contribution is 9.10. The molecule has 110 valence electrons. The van der Waals surface area contributed by atoms with E-state index in [2.05, 4.69) is 26.0 Å². The van der Waals surface area contributed by atoms with Crippen molar-refractivity contribution >= 4 is 27.5 Å². The van der Waals surface area contributed by atoms with Gasteiger partial charge in [0.25, 0.3) is 0 Å². The zero-order valence-corrected chi connectivity index (χ0v) is 13.1. The summed E-state index contributed by atoms with van der Waals surface area (Å²) in [6.07, 6.45) is 3.68. The number of oxime groups is 1. The number of ether oxygens (including phenoxy) is 1. The first-order valence-corrected chi connectivity index (χ1v) is 7.52. The summed E-state index contributed by atoms with van der Waals surface area (Å²) in [4.78, 5) is 2.09. The summed E-state index contributed by atoms with van der Waals surface area (Å²) in [6.45, 7) is 1.63. The molecule has 1 fully saturated rings. The van der Waals surface area contributed by atoms with Crippen molar-refractivity contribution in [1.82, 2.24) is 0 Å². The number of likely N-dealkylation sites (N-methyl/N-ethyl adjacent to an activating group) is 1. The van der Waals surface area contributed by atoms with Crippen LogP contribution in [0, 0.1) is 0 Å². The lowest BCUT2D eigenvalue weighted by atomic mass is 10.1. The fourth-order valence-corrected chi connectivity index (χ4v) is 3.05. The lowest BCUT2D eigenvalue weighted by molar-refractivity contribution is 0.0216. The van der Waals surface area contributed by atoms with E-state index < -0.39 is 0 Å². The molecule has 0 saturated carbocycles. The first-order chi connectivity index (χ1) is 9.63. The van der Waals surface area contributed by atoms with Gasteiger partial charge in [-0.1, -0.05) is 11.2 Å². The van der Waals surface area contributed by atoms with E-state index >= 15 is 0 Å². The first-order valence-electron chi connectivity index (χ1n) is 6.72. The first kappa shape index (κ1) is 15.1. The smallest absolute Gasteiger partial charge is 0.173 e. The van der Waals surface area contributed by atoms with Crippen molar-refractivity contribution in [2.24, 2.45) is 10.9 Å². The molecule has 0 radical (unpaired) electrons. The van der Waals surface area contributed by atoms with Gasteiger partial charge in [-0.3, -0.25) is 0 Å². The number of nitrogens with zero attached hydrogens (tertiary/aromatic N) is 2. The van der Waals surface area contributed by atoms with Gasteiger partial charge in [-0.25, -0.2) is 0 Å². The van der Waals surface area contributed by atoms with Crippen molar-refractivity contribution in [2.45, 2.75) is 25.4 Å². The lowest BCUT2D eigenvalue weighted by Crippen LogP contribution is -2.34. The average molecular weight is 342 g/mol. The standard InChI is InChI=1S/C14H20BrN3O2/c1-18(9-10-5-2-3-8-20-10)12-7-4-6-11(15)13(12)14(16)17-19/h4,6-7,10,19H,2-3,5,8-9H2,1H3,(H2,16,17). The van der Waals surface area contributed by atoms with Crippen molar-refractivity contribution < 1.29 is 9.94 Å². The van der Waals surface area contributed by atoms with Gasteiger partial charge < -0.3 is 20.6 Å². The monoisotopic (exact) mass is 341 g/mol. The van der Waals surface area contributed by atoms with Crippen LogP contribution in [-0.2, 0) is 4.74 Å². The Hall–Kier alpha value is -1.27. The number of rotatable bonds is 4. The zero-order valence-electron chi connectivity index (χ0n) is 11.6. The van der Waals surface area contributed by atoms with Gasteiger partial charge in [-0.2, -0.15) is 0 Å². The Morgan fingerprint density at radius 2 is 2.35 bits per heavy atom. The van der Waals surface area contributed by atoms with Crippen LogP contribution in [0.2, 0.25) is 0 Å². The van der Waals surface area contributed by atoms with E-state index in [0.717, 1.165) is 36.2 Å². The third-order valence-corrected chi connectivity index (χ3v) is 4.18. The molecule has 1 heterocycles. The molecule has 0 amide bonds. The zero-order chi connectivity index (χ0) is 14.5. The minimum Gasteiger partial charge on any atom is -0.409 e. The van der Waals surface area contributed by atoms with Gasteiger partial charge in [0.15, 0.2) is 5.84 Å². The fourth-order valence-electron chi connectivity index (χ4n) is 2.49. The van der Waals surface area contributed by atoms with E-state index in [4.69, 9.17) is 15.7 Å². The topological polar surface area (TPSA) is 71.1 Å². The summed E-state index contributed by atoms with van der Waals surface area (Å²) in [7, 11) is 1.99. The quantitative estimate of drug-likeness (QED) is 0.382. The number of anilines is 1. The molecule has 20 heavy (non-hydrogen) atoms. The van der Waals surface area contributed by atoms with Crippen molar-refractivity contribution in [1.29, 1.82) is 0 Å². The minimum atomic E-state index is 0.101. The van der Waals surface area contributed by atoms with Gasteiger partial charge in [-0.05, 0) is 47.3 Å². The Morgan fingerprint density at radius 1 is 1.55 bits per heavy atom. The van der Waals surface area contributed by atoms with Gasteiger partial charge in [0.1, 0.15) is 0 Å². The van der Waals surface area contributed by atoms with Crippen LogP contribution in [-0.4, -0.2) is 37.3 Å². The lowest BCUT2D eigenvalue weighted by Gasteiger charge is -2.30. The molecule has 1 aromatic carbocycles. The van der Waals surface area contributed by atoms with Crippen LogP contribution in [0.25, 0.3) is 0 Å². The number of hydrogen-bond donors (Lipinski definition) is 2. The second-order valence-electron chi connectivity index (χ2n) is 4.99. The average Bonchev–Trinajstić information content (AvgIpc) is 2.47. The number of halogens is 1. The van der Waals surface area contributed by atoms with Crippen LogP contribution in [0.3, 0.4) is 0 Å². The van der Waals surface area contributed by atoms with E-state index in [9.17, 15) is 0 Å². The maximum absolute atomic E-state index is 8.94. The molecule has 0 aliphatic carbocycles. The van der Waals surface area contributed by atoms with E-state index in [0.29, 0.717) is 5.56 Å². The Balaban J connectivity index is 2.20. The molecule has 6 heteroatoms. The van der Waals surface area contributed by atoms with Crippen molar-refractivity contribution in [2.75, 3.05) is 25.1 Å². The van der Waals surface area contributed by atoms with Crippen LogP contribution in [0.1, 0.15) is 24.8 Å². The van der Waals surface area contributed by atoms with Gasteiger partial charge in [0.05, 0.1) is 11.7 Å². The third-order valence-electron chi connectivity index (χ3n) is 3.52. The predicted octanol–water partition coefficient (Wildman–Crippen LogP) is 2.55. The fraction of sp³-hybridized carbons (Fsp3) is 0.500. The van der Waals surface area contributed by atoms with Crippen molar-refractivity contribution in [3.8, 4) is 0 Å². The normalized spacial score (nSPS) is 19.9. The highest BCUT2D eigenvalue weighted by atomic mass is 79.9. The maximum atomic E-state index is 8.94. The van der Waals surface area contributed by atoms with Gasteiger partial charge in [0.2, 0.25) is 0 Å². The summed E-state index contributed by atoms with van der Waals surface area (Å²) in [5.74, 6) is 0.101. The van der Waals surface area contributed by atoms with Gasteiger partial charge >= 0.3 is 0 Å². The molecule has 0 aromatic heterocycles. The van der Waals surface area contributed by atoms with Crippen LogP contribution in [0.15, 0.2) is 27.8 Å². The second kappa shape index (κ2) is 6.95. The van der Waals surface area contributed by atoms with Gasteiger partial charge in [-0.15, -0.1) is 0 Å². The molecular weight excluding hydrogens is 322 g/mol. The Kier molecular flexibility index (Phi) is 5.25. The van der Waals surface area contributed by atoms with E-state index in [-0.39, 0.29) is 11.9 Å². The Labute approximate surface area is 127 Å². The summed E-state index contributed by atoms with van der Waals surface area (Å²) >= 11 is 3.45. The maximum Gasteiger partial charge on any atom is 0.173 e. The number of hydrogen-bond acceptors (Lipinski definition) is 4. The molecule has 2 rings (SSSR count). The summed E-state index contributed by atoms with van der Waals surface area (Å²) in [5.41, 5.74) is 7.40. The van der Waals surface area contributed by atoms with Crippen molar-refractivity contribution in [3.63, 3.8) is 0 Å². The third kappa shape index (κ3) is 3.43. The number of benzene rings is 1. The molecule has 0 spiro atoms. The second-order valence-corrected chi connectivity index (χ2v) is 5.84.